The summed E-state index contributed by atoms with van der Waals surface area (Å²) in [6, 6.07) is 3.39. The van der Waals surface area contributed by atoms with Crippen molar-refractivity contribution in [3.05, 3.63) is 28.4 Å². The zero-order chi connectivity index (χ0) is 13.4. The standard InChI is InChI=1S/C13H14ClNO3/c1-6-4-8(14)5-9(18-3)10(6)11-12(16)7(2)15-13(11)17/h4-5,15-17H,1-3H3. The van der Waals surface area contributed by atoms with Gasteiger partial charge in [-0.25, -0.2) is 0 Å². The molecular formula is C13H14ClNO3. The minimum atomic E-state index is -0.0891. The maximum Gasteiger partial charge on any atom is 0.200 e. The number of nitrogens with one attached hydrogen (secondary N) is 1. The number of aryl methyl sites for hydroxylation is 2. The van der Waals surface area contributed by atoms with Crippen LogP contribution in [0.25, 0.3) is 11.1 Å². The SMILES string of the molecule is COc1cc(Cl)cc(C)c1-c1c(O)[nH]c(C)c1O. The van der Waals surface area contributed by atoms with E-state index in [1.807, 2.05) is 6.92 Å². The van der Waals surface area contributed by atoms with Crippen LogP contribution in [0.2, 0.25) is 5.02 Å². The molecule has 0 aliphatic heterocycles. The number of methoxy groups -OCH3 is 1. The second kappa shape index (κ2) is 4.46. The highest BCUT2D eigenvalue weighted by Gasteiger charge is 2.21. The Balaban J connectivity index is 2.78. The zero-order valence-electron chi connectivity index (χ0n) is 10.3. The molecule has 0 unspecified atom stereocenters. The average Bonchev–Trinajstić information content (AvgIpc) is 2.54. The van der Waals surface area contributed by atoms with Crippen LogP contribution < -0.4 is 4.74 Å². The molecular weight excluding hydrogens is 254 g/mol. The summed E-state index contributed by atoms with van der Waals surface area (Å²) in [4.78, 5) is 2.68. The molecule has 4 nitrogen and oxygen atoms in total. The number of aromatic amines is 1. The fourth-order valence-corrected chi connectivity index (χ4v) is 2.29. The maximum atomic E-state index is 10.0. The van der Waals surface area contributed by atoms with Crippen molar-refractivity contribution in [3.8, 4) is 28.5 Å². The van der Waals surface area contributed by atoms with Gasteiger partial charge in [-0.05, 0) is 31.5 Å². The maximum absolute atomic E-state index is 10.0. The first kappa shape index (κ1) is 12.6. The highest BCUT2D eigenvalue weighted by molar-refractivity contribution is 6.31. The summed E-state index contributed by atoms with van der Waals surface area (Å²) >= 11 is 5.96. The van der Waals surface area contributed by atoms with E-state index >= 15 is 0 Å². The summed E-state index contributed by atoms with van der Waals surface area (Å²) in [5.74, 6) is 0.426. The van der Waals surface area contributed by atoms with Crippen molar-refractivity contribution in [2.24, 2.45) is 0 Å². The molecule has 0 saturated heterocycles. The van der Waals surface area contributed by atoms with Crippen molar-refractivity contribution < 1.29 is 14.9 Å². The van der Waals surface area contributed by atoms with Gasteiger partial charge in [-0.2, -0.15) is 0 Å². The molecule has 0 saturated carbocycles. The summed E-state index contributed by atoms with van der Waals surface area (Å²) < 4.78 is 5.26. The van der Waals surface area contributed by atoms with Crippen molar-refractivity contribution in [2.45, 2.75) is 13.8 Å². The molecule has 0 aliphatic carbocycles. The van der Waals surface area contributed by atoms with Gasteiger partial charge in [0.1, 0.15) is 11.5 Å². The number of H-pyrrole nitrogens is 1. The fraction of sp³-hybridized carbons (Fsp3) is 0.231. The molecule has 0 spiro atoms. The summed E-state index contributed by atoms with van der Waals surface area (Å²) in [7, 11) is 1.52. The lowest BCUT2D eigenvalue weighted by atomic mass is 10.0. The lowest BCUT2D eigenvalue weighted by molar-refractivity contribution is 0.414. The van der Waals surface area contributed by atoms with Gasteiger partial charge in [0.25, 0.3) is 0 Å². The Hall–Kier alpha value is -1.81. The molecule has 1 aromatic heterocycles. The number of aromatic hydroxyl groups is 2. The summed E-state index contributed by atoms with van der Waals surface area (Å²) in [6.07, 6.45) is 0. The third-order valence-electron chi connectivity index (χ3n) is 2.87. The summed E-state index contributed by atoms with van der Waals surface area (Å²) in [5, 5.41) is 20.4. The third kappa shape index (κ3) is 1.88. The number of rotatable bonds is 2. The normalized spacial score (nSPS) is 10.7. The van der Waals surface area contributed by atoms with Crippen LogP contribution in [0.4, 0.5) is 0 Å². The monoisotopic (exact) mass is 267 g/mol. The van der Waals surface area contributed by atoms with Gasteiger partial charge in [0.15, 0.2) is 0 Å². The van der Waals surface area contributed by atoms with E-state index in [-0.39, 0.29) is 11.6 Å². The Morgan fingerprint density at radius 1 is 1.17 bits per heavy atom. The molecule has 0 atom stereocenters. The van der Waals surface area contributed by atoms with Crippen LogP contribution in [-0.4, -0.2) is 22.3 Å². The van der Waals surface area contributed by atoms with E-state index in [4.69, 9.17) is 16.3 Å². The lowest BCUT2D eigenvalue weighted by Gasteiger charge is -2.12. The second-order valence-electron chi connectivity index (χ2n) is 4.12. The minimum absolute atomic E-state index is 0.0104. The number of benzene rings is 1. The number of hydrogen-bond donors (Lipinski definition) is 3. The molecule has 0 fully saturated rings. The van der Waals surface area contributed by atoms with Crippen LogP contribution in [0, 0.1) is 13.8 Å². The third-order valence-corrected chi connectivity index (χ3v) is 3.09. The van der Waals surface area contributed by atoms with Gasteiger partial charge in [-0.3, -0.25) is 0 Å². The van der Waals surface area contributed by atoms with E-state index in [9.17, 15) is 10.2 Å². The second-order valence-corrected chi connectivity index (χ2v) is 4.56. The molecule has 1 aromatic carbocycles. The van der Waals surface area contributed by atoms with Crippen molar-refractivity contribution in [1.29, 1.82) is 0 Å². The summed E-state index contributed by atoms with van der Waals surface area (Å²) in [6.45, 7) is 3.52. The van der Waals surface area contributed by atoms with Gasteiger partial charge in [0, 0.05) is 10.6 Å². The van der Waals surface area contributed by atoms with Crippen LogP contribution >= 0.6 is 11.6 Å². The molecule has 18 heavy (non-hydrogen) atoms. The van der Waals surface area contributed by atoms with E-state index in [0.29, 0.717) is 27.6 Å². The van der Waals surface area contributed by atoms with E-state index in [1.165, 1.54) is 7.11 Å². The molecule has 5 heteroatoms. The van der Waals surface area contributed by atoms with E-state index in [2.05, 4.69) is 4.98 Å². The van der Waals surface area contributed by atoms with Gasteiger partial charge in [-0.1, -0.05) is 11.6 Å². The van der Waals surface area contributed by atoms with Crippen LogP contribution in [-0.2, 0) is 0 Å². The Labute approximate surface area is 110 Å². The predicted molar refractivity (Wildman–Crippen MR) is 70.6 cm³/mol. The highest BCUT2D eigenvalue weighted by atomic mass is 35.5. The van der Waals surface area contributed by atoms with Crippen molar-refractivity contribution in [2.75, 3.05) is 7.11 Å². The molecule has 0 bridgehead atoms. The van der Waals surface area contributed by atoms with Crippen LogP contribution in [0.5, 0.6) is 17.4 Å². The van der Waals surface area contributed by atoms with Gasteiger partial charge < -0.3 is 19.9 Å². The highest BCUT2D eigenvalue weighted by Crippen LogP contribution is 2.46. The molecule has 1 heterocycles. The molecule has 2 rings (SSSR count). The van der Waals surface area contributed by atoms with Crippen LogP contribution in [0.3, 0.4) is 0 Å². The smallest absolute Gasteiger partial charge is 0.200 e. The van der Waals surface area contributed by atoms with E-state index in [1.54, 1.807) is 19.1 Å². The Kier molecular flexibility index (Phi) is 3.13. The first-order valence-corrected chi connectivity index (χ1v) is 5.78. The first-order chi connectivity index (χ1) is 8.45. The largest absolute Gasteiger partial charge is 0.505 e. The average molecular weight is 268 g/mol. The van der Waals surface area contributed by atoms with E-state index in [0.717, 1.165) is 5.56 Å². The number of ether oxygens (including phenoxy) is 1. The fourth-order valence-electron chi connectivity index (χ4n) is 2.03. The molecule has 96 valence electrons. The quantitative estimate of drug-likeness (QED) is 0.782. The molecule has 2 aromatic rings. The minimum Gasteiger partial charge on any atom is -0.505 e. The number of hydrogen-bond acceptors (Lipinski definition) is 3. The van der Waals surface area contributed by atoms with Gasteiger partial charge in [0.05, 0.1) is 18.4 Å². The molecule has 3 N–H and O–H groups in total. The van der Waals surface area contributed by atoms with Crippen LogP contribution in [0.1, 0.15) is 11.3 Å². The van der Waals surface area contributed by atoms with Crippen molar-refractivity contribution >= 4 is 11.6 Å². The topological polar surface area (TPSA) is 65.5 Å². The Morgan fingerprint density at radius 2 is 1.83 bits per heavy atom. The molecule has 0 radical (unpaired) electrons. The Bertz CT molecular complexity index is 605. The number of aromatic nitrogens is 1. The van der Waals surface area contributed by atoms with Gasteiger partial charge in [-0.15, -0.1) is 0 Å². The van der Waals surface area contributed by atoms with Gasteiger partial charge >= 0.3 is 0 Å². The van der Waals surface area contributed by atoms with Gasteiger partial charge in [0.2, 0.25) is 5.88 Å². The van der Waals surface area contributed by atoms with Crippen LogP contribution in [0.15, 0.2) is 12.1 Å². The molecule has 0 amide bonds. The lowest BCUT2D eigenvalue weighted by Crippen LogP contribution is -1.91. The Morgan fingerprint density at radius 3 is 2.33 bits per heavy atom. The summed E-state index contributed by atoms with van der Waals surface area (Å²) in [5.41, 5.74) is 2.27. The first-order valence-electron chi connectivity index (χ1n) is 5.40. The zero-order valence-corrected chi connectivity index (χ0v) is 11.1. The number of halogens is 1. The predicted octanol–water partition coefficient (Wildman–Crippen LogP) is 3.37. The van der Waals surface area contributed by atoms with Crippen molar-refractivity contribution in [1.82, 2.24) is 4.98 Å². The van der Waals surface area contributed by atoms with Crippen molar-refractivity contribution in [3.63, 3.8) is 0 Å². The van der Waals surface area contributed by atoms with E-state index < -0.39 is 0 Å². The molecule has 0 aliphatic rings.